The van der Waals surface area contributed by atoms with Gasteiger partial charge in [-0.2, -0.15) is 5.10 Å². The normalized spacial score (nSPS) is 10.1. The molecular formula is C11H12N4O. The molecule has 2 heterocycles. The van der Waals surface area contributed by atoms with Gasteiger partial charge in [0.05, 0.1) is 5.69 Å². The van der Waals surface area contributed by atoms with E-state index in [1.54, 1.807) is 12.4 Å². The number of H-pyrrole nitrogens is 1. The van der Waals surface area contributed by atoms with Gasteiger partial charge in [-0.15, -0.1) is 0 Å². The number of carbonyl (C=O) groups is 1. The SMILES string of the molecule is CC(=O)Nc1n[nH]c(-c2ccncc2)c1C. The number of rotatable bonds is 2. The molecule has 0 radical (unpaired) electrons. The Balaban J connectivity index is 2.37. The third-order valence-corrected chi connectivity index (χ3v) is 2.27. The minimum absolute atomic E-state index is 0.129. The zero-order valence-electron chi connectivity index (χ0n) is 9.11. The van der Waals surface area contributed by atoms with Crippen molar-refractivity contribution in [1.82, 2.24) is 15.2 Å². The molecule has 82 valence electrons. The summed E-state index contributed by atoms with van der Waals surface area (Å²) in [7, 11) is 0. The molecule has 5 nitrogen and oxygen atoms in total. The second kappa shape index (κ2) is 4.14. The van der Waals surface area contributed by atoms with Crippen LogP contribution >= 0.6 is 0 Å². The van der Waals surface area contributed by atoms with Gasteiger partial charge in [0.25, 0.3) is 0 Å². The van der Waals surface area contributed by atoms with Gasteiger partial charge < -0.3 is 5.32 Å². The molecule has 1 amide bonds. The summed E-state index contributed by atoms with van der Waals surface area (Å²) in [5, 5.41) is 9.62. The molecule has 0 aliphatic heterocycles. The number of aromatic amines is 1. The van der Waals surface area contributed by atoms with Gasteiger partial charge >= 0.3 is 0 Å². The maximum Gasteiger partial charge on any atom is 0.222 e. The highest BCUT2D eigenvalue weighted by Crippen LogP contribution is 2.24. The molecule has 0 aliphatic carbocycles. The lowest BCUT2D eigenvalue weighted by atomic mass is 10.1. The average molecular weight is 216 g/mol. The van der Waals surface area contributed by atoms with Crippen LogP contribution in [0, 0.1) is 6.92 Å². The number of carbonyl (C=O) groups excluding carboxylic acids is 1. The number of nitrogens with one attached hydrogen (secondary N) is 2. The Morgan fingerprint density at radius 1 is 1.38 bits per heavy atom. The van der Waals surface area contributed by atoms with Crippen molar-refractivity contribution in [2.45, 2.75) is 13.8 Å². The average Bonchev–Trinajstić information content (AvgIpc) is 2.61. The van der Waals surface area contributed by atoms with Crippen LogP contribution in [0.1, 0.15) is 12.5 Å². The van der Waals surface area contributed by atoms with E-state index in [0.29, 0.717) is 5.82 Å². The summed E-state index contributed by atoms with van der Waals surface area (Å²) in [5.74, 6) is 0.440. The molecule has 0 atom stereocenters. The number of hydrogen-bond donors (Lipinski definition) is 2. The van der Waals surface area contributed by atoms with Gasteiger partial charge in [-0.05, 0) is 19.1 Å². The highest BCUT2D eigenvalue weighted by molar-refractivity contribution is 5.89. The van der Waals surface area contributed by atoms with E-state index in [1.807, 2.05) is 19.1 Å². The maximum absolute atomic E-state index is 10.9. The van der Waals surface area contributed by atoms with Crippen LogP contribution in [0.2, 0.25) is 0 Å². The summed E-state index contributed by atoms with van der Waals surface area (Å²) in [6, 6.07) is 3.77. The van der Waals surface area contributed by atoms with E-state index in [4.69, 9.17) is 0 Å². The molecule has 0 saturated carbocycles. The standard InChI is InChI=1S/C11H12N4O/c1-7-10(9-3-5-12-6-4-9)14-15-11(7)13-8(2)16/h3-6H,1-2H3,(H2,13,14,15,16). The van der Waals surface area contributed by atoms with Crippen molar-refractivity contribution in [3.05, 3.63) is 30.1 Å². The molecule has 0 aliphatic rings. The number of nitrogens with zero attached hydrogens (tertiary/aromatic N) is 2. The first kappa shape index (κ1) is 10.4. The lowest BCUT2D eigenvalue weighted by Gasteiger charge is -2.00. The van der Waals surface area contributed by atoms with E-state index in [0.717, 1.165) is 16.8 Å². The Labute approximate surface area is 92.9 Å². The lowest BCUT2D eigenvalue weighted by molar-refractivity contribution is -0.114. The van der Waals surface area contributed by atoms with Crippen molar-refractivity contribution in [3.63, 3.8) is 0 Å². The molecule has 5 heteroatoms. The molecule has 0 spiro atoms. The molecule has 0 fully saturated rings. The topological polar surface area (TPSA) is 70.7 Å². The Bertz CT molecular complexity index is 504. The van der Waals surface area contributed by atoms with Crippen molar-refractivity contribution in [1.29, 1.82) is 0 Å². The molecule has 2 N–H and O–H groups in total. The van der Waals surface area contributed by atoms with Gasteiger partial charge in [0.2, 0.25) is 5.91 Å². The first-order valence-electron chi connectivity index (χ1n) is 4.91. The van der Waals surface area contributed by atoms with Gasteiger partial charge in [0.1, 0.15) is 0 Å². The Morgan fingerprint density at radius 3 is 2.69 bits per heavy atom. The largest absolute Gasteiger partial charge is 0.309 e. The van der Waals surface area contributed by atoms with Crippen LogP contribution in [0.25, 0.3) is 11.3 Å². The zero-order valence-corrected chi connectivity index (χ0v) is 9.11. The van der Waals surface area contributed by atoms with E-state index in [9.17, 15) is 4.79 Å². The van der Waals surface area contributed by atoms with Crippen molar-refractivity contribution in [2.24, 2.45) is 0 Å². The van der Waals surface area contributed by atoms with E-state index in [2.05, 4.69) is 20.5 Å². The van der Waals surface area contributed by atoms with Crippen molar-refractivity contribution in [2.75, 3.05) is 5.32 Å². The summed E-state index contributed by atoms with van der Waals surface area (Å²) < 4.78 is 0. The van der Waals surface area contributed by atoms with E-state index < -0.39 is 0 Å². The van der Waals surface area contributed by atoms with Gasteiger partial charge in [0.15, 0.2) is 5.82 Å². The maximum atomic E-state index is 10.9. The second-order valence-electron chi connectivity index (χ2n) is 3.49. The monoisotopic (exact) mass is 216 g/mol. The molecule has 0 aromatic carbocycles. The van der Waals surface area contributed by atoms with Gasteiger partial charge in [-0.1, -0.05) is 0 Å². The molecule has 16 heavy (non-hydrogen) atoms. The van der Waals surface area contributed by atoms with Crippen LogP contribution < -0.4 is 5.32 Å². The number of hydrogen-bond acceptors (Lipinski definition) is 3. The van der Waals surface area contributed by atoms with Gasteiger partial charge in [0, 0.05) is 30.4 Å². The molecule has 2 aromatic heterocycles. The van der Waals surface area contributed by atoms with Crippen LogP contribution in [-0.4, -0.2) is 21.1 Å². The quantitative estimate of drug-likeness (QED) is 0.803. The summed E-state index contributed by atoms with van der Waals surface area (Å²) in [4.78, 5) is 14.9. The van der Waals surface area contributed by atoms with Crippen LogP contribution in [0.3, 0.4) is 0 Å². The highest BCUT2D eigenvalue weighted by Gasteiger charge is 2.10. The summed E-state index contributed by atoms with van der Waals surface area (Å²) in [6.07, 6.45) is 3.43. The number of amides is 1. The minimum Gasteiger partial charge on any atom is -0.309 e. The summed E-state index contributed by atoms with van der Waals surface area (Å²) in [6.45, 7) is 3.37. The number of aromatic nitrogens is 3. The highest BCUT2D eigenvalue weighted by atomic mass is 16.1. The first-order valence-corrected chi connectivity index (χ1v) is 4.91. The Kier molecular flexibility index (Phi) is 2.68. The molecule has 2 aromatic rings. The predicted molar refractivity (Wildman–Crippen MR) is 60.9 cm³/mol. The van der Waals surface area contributed by atoms with Crippen LogP contribution in [0.5, 0.6) is 0 Å². The molecule has 0 saturated heterocycles. The fourth-order valence-electron chi connectivity index (χ4n) is 1.49. The molecule has 0 bridgehead atoms. The first-order chi connectivity index (χ1) is 7.68. The minimum atomic E-state index is -0.129. The van der Waals surface area contributed by atoms with E-state index >= 15 is 0 Å². The third-order valence-electron chi connectivity index (χ3n) is 2.27. The third kappa shape index (κ3) is 1.93. The van der Waals surface area contributed by atoms with Gasteiger partial charge in [-0.3, -0.25) is 14.9 Å². The second-order valence-corrected chi connectivity index (χ2v) is 3.49. The van der Waals surface area contributed by atoms with E-state index in [1.165, 1.54) is 6.92 Å². The molecular weight excluding hydrogens is 204 g/mol. The fourth-order valence-corrected chi connectivity index (χ4v) is 1.49. The fraction of sp³-hybridized carbons (Fsp3) is 0.182. The van der Waals surface area contributed by atoms with Crippen LogP contribution in [0.15, 0.2) is 24.5 Å². The Morgan fingerprint density at radius 2 is 2.06 bits per heavy atom. The van der Waals surface area contributed by atoms with Crippen molar-refractivity contribution < 1.29 is 4.79 Å². The summed E-state index contributed by atoms with van der Waals surface area (Å²) in [5.41, 5.74) is 2.81. The lowest BCUT2D eigenvalue weighted by Crippen LogP contribution is -2.06. The zero-order chi connectivity index (χ0) is 11.5. The van der Waals surface area contributed by atoms with Gasteiger partial charge in [-0.25, -0.2) is 0 Å². The smallest absolute Gasteiger partial charge is 0.222 e. The van der Waals surface area contributed by atoms with Crippen LogP contribution in [-0.2, 0) is 4.79 Å². The van der Waals surface area contributed by atoms with E-state index in [-0.39, 0.29) is 5.91 Å². The molecule has 2 rings (SSSR count). The van der Waals surface area contributed by atoms with Crippen molar-refractivity contribution in [3.8, 4) is 11.3 Å². The Hall–Kier alpha value is -2.17. The van der Waals surface area contributed by atoms with Crippen LogP contribution in [0.4, 0.5) is 5.82 Å². The summed E-state index contributed by atoms with van der Waals surface area (Å²) >= 11 is 0. The predicted octanol–water partition coefficient (Wildman–Crippen LogP) is 1.74. The molecule has 0 unspecified atom stereocenters. The number of pyridine rings is 1. The van der Waals surface area contributed by atoms with Crippen molar-refractivity contribution >= 4 is 11.7 Å². The number of anilines is 1.